The highest BCUT2D eigenvalue weighted by Gasteiger charge is 2.37. The van der Waals surface area contributed by atoms with Crippen molar-refractivity contribution in [1.82, 2.24) is 4.90 Å². The number of hydrogen-bond donors (Lipinski definition) is 1. The number of fused-ring (bicyclic) bond motifs is 1. The fourth-order valence-electron chi connectivity index (χ4n) is 3.39. The summed E-state index contributed by atoms with van der Waals surface area (Å²) in [6.45, 7) is 6.03. The van der Waals surface area contributed by atoms with Crippen LogP contribution in [0.1, 0.15) is 49.5 Å². The van der Waals surface area contributed by atoms with E-state index in [0.29, 0.717) is 23.5 Å². The van der Waals surface area contributed by atoms with E-state index >= 15 is 0 Å². The molecule has 2 amide bonds. The van der Waals surface area contributed by atoms with E-state index in [1.165, 1.54) is 0 Å². The molecule has 0 saturated carbocycles. The second-order valence-corrected chi connectivity index (χ2v) is 8.16. The van der Waals surface area contributed by atoms with Gasteiger partial charge in [-0.25, -0.2) is 13.6 Å². The molecule has 1 aromatic carbocycles. The lowest BCUT2D eigenvalue weighted by Crippen LogP contribution is -2.40. The number of alkyl halides is 2. The Morgan fingerprint density at radius 1 is 1.22 bits per heavy atom. The van der Waals surface area contributed by atoms with E-state index in [-0.39, 0.29) is 31.8 Å². The molecule has 8 heteroatoms. The Hall–Kier alpha value is -2.38. The summed E-state index contributed by atoms with van der Waals surface area (Å²) in [7, 11) is 1.69. The summed E-state index contributed by atoms with van der Waals surface area (Å²) in [6.07, 6.45) is -1.11. The molecule has 2 aliphatic heterocycles. The minimum absolute atomic E-state index is 0.138. The Labute approximate surface area is 157 Å². The zero-order valence-electron chi connectivity index (χ0n) is 16.1. The average molecular weight is 381 g/mol. The highest BCUT2D eigenvalue weighted by Crippen LogP contribution is 2.38. The predicted molar refractivity (Wildman–Crippen MR) is 98.5 cm³/mol. The van der Waals surface area contributed by atoms with Gasteiger partial charge in [-0.05, 0) is 38.5 Å². The van der Waals surface area contributed by atoms with E-state index in [2.05, 4.69) is 5.32 Å². The molecule has 0 atom stereocenters. The fourth-order valence-corrected chi connectivity index (χ4v) is 3.39. The Morgan fingerprint density at radius 2 is 1.85 bits per heavy atom. The summed E-state index contributed by atoms with van der Waals surface area (Å²) in [4.78, 5) is 28.0. The van der Waals surface area contributed by atoms with E-state index in [1.54, 1.807) is 49.8 Å². The zero-order valence-corrected chi connectivity index (χ0v) is 16.1. The van der Waals surface area contributed by atoms with Crippen LogP contribution >= 0.6 is 0 Å². The molecule has 0 spiro atoms. The van der Waals surface area contributed by atoms with Gasteiger partial charge < -0.3 is 14.5 Å². The minimum Gasteiger partial charge on any atom is -0.444 e. The molecule has 1 aromatic rings. The quantitative estimate of drug-likeness (QED) is 0.845. The van der Waals surface area contributed by atoms with Crippen molar-refractivity contribution >= 4 is 23.4 Å². The van der Waals surface area contributed by atoms with Crippen molar-refractivity contribution in [1.29, 1.82) is 0 Å². The molecule has 0 radical (unpaired) electrons. The zero-order chi connectivity index (χ0) is 20.0. The molecule has 3 rings (SSSR count). The number of amides is 2. The van der Waals surface area contributed by atoms with E-state index in [1.807, 2.05) is 0 Å². The van der Waals surface area contributed by atoms with Crippen molar-refractivity contribution in [2.45, 2.75) is 51.7 Å². The predicted octanol–water partition coefficient (Wildman–Crippen LogP) is 3.85. The third kappa shape index (κ3) is 4.31. The van der Waals surface area contributed by atoms with Crippen molar-refractivity contribution in [3.63, 3.8) is 0 Å². The standard InChI is InChI=1S/C19H25F2N3O3/c1-18(2,3)27-17(26)22-13-9-12-11-23(4)16(25)15(12)14(10-13)24-7-5-19(20,21)6-8-24/h9-10H,5-8,11H2,1-4H3,(H,22,26). The van der Waals surface area contributed by atoms with Gasteiger partial charge in [0.2, 0.25) is 0 Å². The smallest absolute Gasteiger partial charge is 0.412 e. The second-order valence-electron chi connectivity index (χ2n) is 8.16. The van der Waals surface area contributed by atoms with Crippen LogP contribution in [-0.4, -0.2) is 48.6 Å². The fraction of sp³-hybridized carbons (Fsp3) is 0.579. The maximum absolute atomic E-state index is 13.5. The number of anilines is 2. The number of rotatable bonds is 2. The van der Waals surface area contributed by atoms with Gasteiger partial charge in [0.05, 0.1) is 11.3 Å². The number of halogens is 2. The van der Waals surface area contributed by atoms with Crippen LogP contribution in [0, 0.1) is 0 Å². The Kier molecular flexibility index (Phi) is 4.78. The van der Waals surface area contributed by atoms with Crippen LogP contribution in [0.5, 0.6) is 0 Å². The third-order valence-electron chi connectivity index (χ3n) is 4.65. The van der Waals surface area contributed by atoms with Gasteiger partial charge in [0.1, 0.15) is 5.60 Å². The summed E-state index contributed by atoms with van der Waals surface area (Å²) >= 11 is 0. The van der Waals surface area contributed by atoms with Gasteiger partial charge in [-0.2, -0.15) is 0 Å². The minimum atomic E-state index is -2.67. The summed E-state index contributed by atoms with van der Waals surface area (Å²) < 4.78 is 32.4. The second kappa shape index (κ2) is 6.65. The van der Waals surface area contributed by atoms with E-state index < -0.39 is 17.6 Å². The van der Waals surface area contributed by atoms with E-state index in [0.717, 1.165) is 5.56 Å². The number of hydrogen-bond acceptors (Lipinski definition) is 4. The highest BCUT2D eigenvalue weighted by molar-refractivity contribution is 6.05. The van der Waals surface area contributed by atoms with Gasteiger partial charge in [0, 0.05) is 45.2 Å². The van der Waals surface area contributed by atoms with Crippen LogP contribution in [0.2, 0.25) is 0 Å². The topological polar surface area (TPSA) is 61.9 Å². The lowest BCUT2D eigenvalue weighted by molar-refractivity contribution is -0.0220. The number of ether oxygens (including phenoxy) is 1. The molecule has 2 aliphatic rings. The largest absolute Gasteiger partial charge is 0.444 e. The molecule has 1 fully saturated rings. The molecular formula is C19H25F2N3O3. The maximum atomic E-state index is 13.5. The number of carbonyl (C=O) groups is 2. The molecule has 0 aliphatic carbocycles. The molecule has 27 heavy (non-hydrogen) atoms. The number of carbonyl (C=O) groups excluding carboxylic acids is 2. The lowest BCUT2D eigenvalue weighted by atomic mass is 10.0. The normalized spacial score (nSPS) is 19.1. The van der Waals surface area contributed by atoms with Crippen LogP contribution in [0.4, 0.5) is 25.0 Å². The van der Waals surface area contributed by atoms with Crippen LogP contribution in [-0.2, 0) is 11.3 Å². The van der Waals surface area contributed by atoms with Crippen molar-refractivity contribution < 1.29 is 23.1 Å². The van der Waals surface area contributed by atoms with Crippen molar-refractivity contribution in [3.8, 4) is 0 Å². The van der Waals surface area contributed by atoms with Gasteiger partial charge in [0.25, 0.3) is 11.8 Å². The van der Waals surface area contributed by atoms with Gasteiger partial charge in [-0.15, -0.1) is 0 Å². The average Bonchev–Trinajstić information content (AvgIpc) is 2.79. The molecule has 6 nitrogen and oxygen atoms in total. The van der Waals surface area contributed by atoms with Crippen molar-refractivity contribution in [3.05, 3.63) is 23.3 Å². The molecule has 148 valence electrons. The van der Waals surface area contributed by atoms with Gasteiger partial charge in [0.15, 0.2) is 0 Å². The monoisotopic (exact) mass is 381 g/mol. The van der Waals surface area contributed by atoms with E-state index in [4.69, 9.17) is 4.74 Å². The number of piperidine rings is 1. The van der Waals surface area contributed by atoms with Crippen molar-refractivity contribution in [2.24, 2.45) is 0 Å². The van der Waals surface area contributed by atoms with Crippen LogP contribution in [0.15, 0.2) is 12.1 Å². The first-order valence-electron chi connectivity index (χ1n) is 9.00. The molecular weight excluding hydrogens is 356 g/mol. The lowest BCUT2D eigenvalue weighted by Gasteiger charge is -2.34. The summed E-state index contributed by atoms with van der Waals surface area (Å²) in [6, 6.07) is 3.41. The molecule has 0 unspecified atom stereocenters. The van der Waals surface area contributed by atoms with Gasteiger partial charge in [-0.3, -0.25) is 10.1 Å². The number of nitrogens with one attached hydrogen (secondary N) is 1. The molecule has 2 heterocycles. The first kappa shape index (κ1) is 19.4. The SMILES string of the molecule is CN1Cc2cc(NC(=O)OC(C)(C)C)cc(N3CCC(F)(F)CC3)c2C1=O. The first-order valence-corrected chi connectivity index (χ1v) is 9.00. The first-order chi connectivity index (χ1) is 12.5. The Morgan fingerprint density at radius 3 is 2.44 bits per heavy atom. The summed E-state index contributed by atoms with van der Waals surface area (Å²) in [5.74, 6) is -2.81. The van der Waals surface area contributed by atoms with Gasteiger partial charge >= 0.3 is 6.09 Å². The van der Waals surface area contributed by atoms with Crippen LogP contribution < -0.4 is 10.2 Å². The number of nitrogens with zero attached hydrogens (tertiary/aromatic N) is 2. The molecule has 1 N–H and O–H groups in total. The molecule has 0 aromatic heterocycles. The highest BCUT2D eigenvalue weighted by atomic mass is 19.3. The molecule has 1 saturated heterocycles. The maximum Gasteiger partial charge on any atom is 0.412 e. The van der Waals surface area contributed by atoms with Gasteiger partial charge in [-0.1, -0.05) is 0 Å². The third-order valence-corrected chi connectivity index (χ3v) is 4.65. The van der Waals surface area contributed by atoms with Crippen LogP contribution in [0.25, 0.3) is 0 Å². The molecule has 0 bridgehead atoms. The Balaban J connectivity index is 1.91. The summed E-state index contributed by atoms with van der Waals surface area (Å²) in [5.41, 5.74) is 1.72. The Bertz CT molecular complexity index is 764. The van der Waals surface area contributed by atoms with Crippen LogP contribution in [0.3, 0.4) is 0 Å². The van der Waals surface area contributed by atoms with E-state index in [9.17, 15) is 18.4 Å². The summed E-state index contributed by atoms with van der Waals surface area (Å²) in [5, 5.41) is 2.69. The number of benzene rings is 1. The van der Waals surface area contributed by atoms with Crippen molar-refractivity contribution in [2.75, 3.05) is 30.4 Å².